The number of carbonyl (C=O) groups excluding carboxylic acids is 1. The third-order valence-corrected chi connectivity index (χ3v) is 3.78. The molecule has 0 saturated carbocycles. The lowest BCUT2D eigenvalue weighted by atomic mass is 10.1. The van der Waals surface area contributed by atoms with Gasteiger partial charge in [0.05, 0.1) is 6.04 Å². The van der Waals surface area contributed by atoms with E-state index in [-0.39, 0.29) is 17.5 Å². The molecule has 6 heteroatoms. The molecule has 0 aromatic heterocycles. The van der Waals surface area contributed by atoms with E-state index >= 15 is 0 Å². The molecule has 2 nitrogen and oxygen atoms in total. The van der Waals surface area contributed by atoms with Crippen molar-refractivity contribution in [1.82, 2.24) is 5.32 Å². The van der Waals surface area contributed by atoms with Gasteiger partial charge in [0.25, 0.3) is 5.91 Å². The molecule has 0 spiro atoms. The molecule has 0 bridgehead atoms. The van der Waals surface area contributed by atoms with Crippen LogP contribution in [0, 0.1) is 0 Å². The highest BCUT2D eigenvalue weighted by Gasteiger charge is 2.30. The Hall–Kier alpha value is -1.95. The van der Waals surface area contributed by atoms with Crippen LogP contribution in [0.4, 0.5) is 13.2 Å². The van der Waals surface area contributed by atoms with Crippen LogP contribution >= 0.6 is 11.8 Å². The normalized spacial score (nSPS) is 12.7. The Kier molecular flexibility index (Phi) is 5.49. The Balaban J connectivity index is 2.12. The molecule has 2 rings (SSSR count). The number of thioether (sulfide) groups is 1. The molecule has 0 aliphatic heterocycles. The maximum absolute atomic E-state index is 12.4. The van der Waals surface area contributed by atoms with Crippen molar-refractivity contribution in [2.75, 3.05) is 5.75 Å². The lowest BCUT2D eigenvalue weighted by Crippen LogP contribution is -2.30. The van der Waals surface area contributed by atoms with Gasteiger partial charge in [0, 0.05) is 11.3 Å². The number of hydrogen-bond donors (Lipinski definition) is 1. The molecule has 1 amide bonds. The minimum atomic E-state index is -4.33. The molecular formula is C16H14F3NOS. The largest absolute Gasteiger partial charge is 0.441 e. The van der Waals surface area contributed by atoms with E-state index in [1.807, 2.05) is 0 Å². The summed E-state index contributed by atoms with van der Waals surface area (Å²) in [5.41, 5.74) is -3.27. The predicted octanol–water partition coefficient (Wildman–Crippen LogP) is 4.41. The van der Waals surface area contributed by atoms with Gasteiger partial charge in [-0.1, -0.05) is 48.5 Å². The zero-order valence-corrected chi connectivity index (χ0v) is 12.3. The predicted molar refractivity (Wildman–Crippen MR) is 81.6 cm³/mol. The smallest absolute Gasteiger partial charge is 0.344 e. The van der Waals surface area contributed by atoms with Crippen molar-refractivity contribution in [3.8, 4) is 0 Å². The molecule has 1 N–H and O–H groups in total. The fraction of sp³-hybridized carbons (Fsp3) is 0.188. The van der Waals surface area contributed by atoms with Crippen molar-refractivity contribution in [2.45, 2.75) is 11.6 Å². The molecule has 0 aliphatic rings. The molecule has 0 saturated heterocycles. The first-order valence-corrected chi connectivity index (χ1v) is 7.56. The van der Waals surface area contributed by atoms with Crippen molar-refractivity contribution in [2.24, 2.45) is 0 Å². The number of rotatable bonds is 5. The zero-order chi connectivity index (χ0) is 16.0. The number of alkyl halides is 3. The first kappa shape index (κ1) is 16.4. The number of carbonyl (C=O) groups is 1. The van der Waals surface area contributed by atoms with Crippen molar-refractivity contribution in [3.63, 3.8) is 0 Å². The summed E-state index contributed by atoms with van der Waals surface area (Å²) in [6.07, 6.45) is 0. The second kappa shape index (κ2) is 7.35. The number of halogens is 3. The standard InChI is InChI=1S/C16H14F3NOS/c17-16(18,19)22-11-14(12-7-3-1-4-8-12)20-15(21)13-9-5-2-6-10-13/h1-10,14H,11H2,(H,20,21). The summed E-state index contributed by atoms with van der Waals surface area (Å²) in [6.45, 7) is 0. The Morgan fingerprint density at radius 3 is 2.09 bits per heavy atom. The lowest BCUT2D eigenvalue weighted by Gasteiger charge is -2.19. The Labute approximate surface area is 130 Å². The molecule has 1 unspecified atom stereocenters. The molecule has 0 heterocycles. The second-order valence-corrected chi connectivity index (χ2v) is 5.64. The van der Waals surface area contributed by atoms with Gasteiger partial charge in [0.15, 0.2) is 0 Å². The number of hydrogen-bond acceptors (Lipinski definition) is 2. The van der Waals surface area contributed by atoms with Crippen LogP contribution in [0.15, 0.2) is 60.7 Å². The number of benzene rings is 2. The van der Waals surface area contributed by atoms with E-state index in [2.05, 4.69) is 5.32 Å². The van der Waals surface area contributed by atoms with Gasteiger partial charge >= 0.3 is 5.51 Å². The molecule has 2 aromatic carbocycles. The molecule has 0 fully saturated rings. The fourth-order valence-electron chi connectivity index (χ4n) is 1.92. The fourth-order valence-corrected chi connectivity index (χ4v) is 2.55. The first-order chi connectivity index (χ1) is 10.5. The van der Waals surface area contributed by atoms with Crippen molar-refractivity contribution < 1.29 is 18.0 Å². The topological polar surface area (TPSA) is 29.1 Å². The highest BCUT2D eigenvalue weighted by atomic mass is 32.2. The van der Waals surface area contributed by atoms with Crippen LogP contribution in [-0.4, -0.2) is 17.2 Å². The minimum Gasteiger partial charge on any atom is -0.344 e. The Morgan fingerprint density at radius 1 is 1.00 bits per heavy atom. The van der Waals surface area contributed by atoms with Gasteiger partial charge in [0.1, 0.15) is 0 Å². The van der Waals surface area contributed by atoms with E-state index in [0.29, 0.717) is 11.1 Å². The van der Waals surface area contributed by atoms with Crippen LogP contribution in [-0.2, 0) is 0 Å². The van der Waals surface area contributed by atoms with Gasteiger partial charge in [-0.05, 0) is 29.5 Å². The summed E-state index contributed by atoms with van der Waals surface area (Å²) in [5, 5.41) is 2.66. The third-order valence-electron chi connectivity index (χ3n) is 2.96. The Morgan fingerprint density at radius 2 is 1.55 bits per heavy atom. The van der Waals surface area contributed by atoms with Gasteiger partial charge in [-0.15, -0.1) is 0 Å². The minimum absolute atomic E-state index is 0.141. The number of nitrogens with one attached hydrogen (secondary N) is 1. The SMILES string of the molecule is O=C(NC(CSC(F)(F)F)c1ccccc1)c1ccccc1. The van der Waals surface area contributed by atoms with Crippen LogP contribution in [0.3, 0.4) is 0 Å². The monoisotopic (exact) mass is 325 g/mol. The van der Waals surface area contributed by atoms with Crippen LogP contribution in [0.5, 0.6) is 0 Å². The van der Waals surface area contributed by atoms with Crippen LogP contribution in [0.1, 0.15) is 22.0 Å². The molecule has 2 aromatic rings. The van der Waals surface area contributed by atoms with Crippen LogP contribution < -0.4 is 5.32 Å². The maximum atomic E-state index is 12.4. The van der Waals surface area contributed by atoms with Crippen molar-refractivity contribution >= 4 is 17.7 Å². The van der Waals surface area contributed by atoms with E-state index in [4.69, 9.17) is 0 Å². The second-order valence-electron chi connectivity index (χ2n) is 4.56. The number of amides is 1. The van der Waals surface area contributed by atoms with Crippen LogP contribution in [0.25, 0.3) is 0 Å². The third kappa shape index (κ3) is 5.11. The van der Waals surface area contributed by atoms with E-state index < -0.39 is 17.5 Å². The van der Waals surface area contributed by atoms with Crippen LogP contribution in [0.2, 0.25) is 0 Å². The highest BCUT2D eigenvalue weighted by molar-refractivity contribution is 8.00. The summed E-state index contributed by atoms with van der Waals surface area (Å²) in [4.78, 5) is 12.2. The average Bonchev–Trinajstić information content (AvgIpc) is 2.52. The van der Waals surface area contributed by atoms with Crippen molar-refractivity contribution in [3.05, 3.63) is 71.8 Å². The quantitative estimate of drug-likeness (QED) is 0.882. The zero-order valence-electron chi connectivity index (χ0n) is 11.5. The summed E-state index contributed by atoms with van der Waals surface area (Å²) in [7, 11) is 0. The van der Waals surface area contributed by atoms with Gasteiger partial charge in [-0.3, -0.25) is 4.79 Å². The molecule has 22 heavy (non-hydrogen) atoms. The van der Waals surface area contributed by atoms with Gasteiger partial charge in [0.2, 0.25) is 0 Å². The Bertz CT molecular complexity index is 602. The molecular weight excluding hydrogens is 311 g/mol. The molecule has 1 atom stereocenters. The van der Waals surface area contributed by atoms with Gasteiger partial charge in [-0.25, -0.2) is 0 Å². The highest BCUT2D eigenvalue weighted by Crippen LogP contribution is 2.33. The van der Waals surface area contributed by atoms with E-state index in [1.165, 1.54) is 0 Å². The molecule has 0 aliphatic carbocycles. The maximum Gasteiger partial charge on any atom is 0.441 e. The van der Waals surface area contributed by atoms with Gasteiger partial charge in [-0.2, -0.15) is 13.2 Å². The molecule has 116 valence electrons. The lowest BCUT2D eigenvalue weighted by molar-refractivity contribution is -0.0329. The van der Waals surface area contributed by atoms with Gasteiger partial charge < -0.3 is 5.32 Å². The van der Waals surface area contributed by atoms with E-state index in [0.717, 1.165) is 0 Å². The summed E-state index contributed by atoms with van der Waals surface area (Å²) < 4.78 is 37.3. The van der Waals surface area contributed by atoms with Crippen molar-refractivity contribution in [1.29, 1.82) is 0 Å². The summed E-state index contributed by atoms with van der Waals surface area (Å²) >= 11 is -0.141. The first-order valence-electron chi connectivity index (χ1n) is 6.57. The van der Waals surface area contributed by atoms with E-state index in [1.54, 1.807) is 60.7 Å². The summed E-state index contributed by atoms with van der Waals surface area (Å²) in [5.74, 6) is -0.663. The average molecular weight is 325 g/mol. The van der Waals surface area contributed by atoms with E-state index in [9.17, 15) is 18.0 Å². The molecule has 0 radical (unpaired) electrons. The summed E-state index contributed by atoms with van der Waals surface area (Å²) in [6, 6.07) is 16.3.